The molecule has 0 saturated heterocycles. The molecule has 1 atom stereocenters. The molecule has 0 aliphatic rings. The van der Waals surface area contributed by atoms with Crippen molar-refractivity contribution in [3.63, 3.8) is 0 Å². The Bertz CT molecular complexity index is 507. The van der Waals surface area contributed by atoms with E-state index < -0.39 is 23.7 Å². The maximum absolute atomic E-state index is 11.7. The number of ether oxygens (including phenoxy) is 1. The number of hydrogen-bond donors (Lipinski definition) is 3. The van der Waals surface area contributed by atoms with Gasteiger partial charge in [-0.3, -0.25) is 4.79 Å². The van der Waals surface area contributed by atoms with Gasteiger partial charge in [-0.05, 0) is 38.8 Å². The second-order valence-corrected chi connectivity index (χ2v) is 5.77. The summed E-state index contributed by atoms with van der Waals surface area (Å²) in [5.41, 5.74) is -0.0907. The minimum Gasteiger partial charge on any atom is -0.508 e. The molecule has 1 aromatic rings. The fourth-order valence-electron chi connectivity index (χ4n) is 1.81. The van der Waals surface area contributed by atoms with Crippen molar-refractivity contribution >= 4 is 12.1 Å². The van der Waals surface area contributed by atoms with Crippen LogP contribution in [0.5, 0.6) is 5.75 Å². The van der Waals surface area contributed by atoms with Gasteiger partial charge in [0.15, 0.2) is 0 Å². The summed E-state index contributed by atoms with van der Waals surface area (Å²) in [6.45, 7) is 5.17. The summed E-state index contributed by atoms with van der Waals surface area (Å²) in [6, 6.07) is 5.94. The minimum atomic E-state index is -1.04. The Labute approximate surface area is 123 Å². The molecular formula is C15H21NO5. The Balaban J connectivity index is 2.75. The van der Waals surface area contributed by atoms with Crippen molar-refractivity contribution in [2.24, 2.45) is 0 Å². The number of benzene rings is 1. The first-order chi connectivity index (χ1) is 9.67. The van der Waals surface area contributed by atoms with Crippen LogP contribution >= 0.6 is 0 Å². The van der Waals surface area contributed by atoms with Gasteiger partial charge in [0.05, 0.1) is 6.42 Å². The molecule has 1 unspecified atom stereocenters. The second-order valence-electron chi connectivity index (χ2n) is 5.77. The molecule has 0 spiro atoms. The zero-order chi connectivity index (χ0) is 16.0. The molecule has 6 nitrogen and oxygen atoms in total. The van der Waals surface area contributed by atoms with Gasteiger partial charge in [-0.15, -0.1) is 0 Å². The quantitative estimate of drug-likeness (QED) is 0.774. The highest BCUT2D eigenvalue weighted by Gasteiger charge is 2.22. The van der Waals surface area contributed by atoms with Gasteiger partial charge in [0, 0.05) is 6.04 Å². The lowest BCUT2D eigenvalue weighted by molar-refractivity contribution is -0.137. The van der Waals surface area contributed by atoms with Crippen molar-refractivity contribution in [1.82, 2.24) is 5.32 Å². The smallest absolute Gasteiger partial charge is 0.407 e. The van der Waals surface area contributed by atoms with Crippen LogP contribution < -0.4 is 5.32 Å². The SMILES string of the molecule is CC(C)(C)OC(=O)NC(CC(=O)O)Cc1ccccc1O. The molecule has 0 aliphatic carbocycles. The number of carboxylic acids is 1. The van der Waals surface area contributed by atoms with E-state index in [1.54, 1.807) is 39.0 Å². The van der Waals surface area contributed by atoms with Crippen LogP contribution in [0.4, 0.5) is 4.79 Å². The van der Waals surface area contributed by atoms with E-state index in [2.05, 4.69) is 5.32 Å². The van der Waals surface area contributed by atoms with Crippen LogP contribution in [0.3, 0.4) is 0 Å². The molecule has 0 fully saturated rings. The van der Waals surface area contributed by atoms with Gasteiger partial charge in [0.25, 0.3) is 0 Å². The van der Waals surface area contributed by atoms with Crippen LogP contribution in [-0.4, -0.2) is 33.9 Å². The maximum atomic E-state index is 11.7. The summed E-state index contributed by atoms with van der Waals surface area (Å²) in [5, 5.41) is 21.2. The van der Waals surface area contributed by atoms with Gasteiger partial charge < -0.3 is 20.3 Å². The van der Waals surface area contributed by atoms with Crippen molar-refractivity contribution < 1.29 is 24.5 Å². The molecule has 1 rings (SSSR count). The Morgan fingerprint density at radius 3 is 2.43 bits per heavy atom. The van der Waals surface area contributed by atoms with E-state index in [9.17, 15) is 14.7 Å². The lowest BCUT2D eigenvalue weighted by Crippen LogP contribution is -2.41. The summed E-state index contributed by atoms with van der Waals surface area (Å²) in [5.74, 6) is -0.967. The van der Waals surface area contributed by atoms with Crippen molar-refractivity contribution in [3.8, 4) is 5.75 Å². The largest absolute Gasteiger partial charge is 0.508 e. The fraction of sp³-hybridized carbons (Fsp3) is 0.467. The number of rotatable bonds is 5. The molecule has 116 valence electrons. The van der Waals surface area contributed by atoms with Crippen LogP contribution in [0.2, 0.25) is 0 Å². The molecular weight excluding hydrogens is 274 g/mol. The van der Waals surface area contributed by atoms with Crippen molar-refractivity contribution in [3.05, 3.63) is 29.8 Å². The lowest BCUT2D eigenvalue weighted by Gasteiger charge is -2.23. The van der Waals surface area contributed by atoms with E-state index in [-0.39, 0.29) is 18.6 Å². The number of carboxylic acid groups (broad SMARTS) is 1. The molecule has 1 aromatic carbocycles. The van der Waals surface area contributed by atoms with Crippen molar-refractivity contribution in [2.75, 3.05) is 0 Å². The number of phenols is 1. The van der Waals surface area contributed by atoms with Gasteiger partial charge >= 0.3 is 12.1 Å². The average molecular weight is 295 g/mol. The summed E-state index contributed by atoms with van der Waals surface area (Å²) >= 11 is 0. The topological polar surface area (TPSA) is 95.9 Å². The van der Waals surface area contributed by atoms with Crippen molar-refractivity contribution in [1.29, 1.82) is 0 Å². The highest BCUT2D eigenvalue weighted by molar-refractivity contribution is 5.71. The molecule has 0 saturated carbocycles. The van der Waals surface area contributed by atoms with Crippen LogP contribution in [0.15, 0.2) is 24.3 Å². The molecule has 1 amide bonds. The van der Waals surface area contributed by atoms with E-state index in [1.807, 2.05) is 0 Å². The number of hydrogen-bond acceptors (Lipinski definition) is 4. The lowest BCUT2D eigenvalue weighted by atomic mass is 10.0. The van der Waals surface area contributed by atoms with Crippen LogP contribution in [0, 0.1) is 0 Å². The molecule has 0 bridgehead atoms. The van der Waals surface area contributed by atoms with Crippen LogP contribution in [-0.2, 0) is 16.0 Å². The predicted octanol–water partition coefficient (Wildman–Crippen LogP) is 2.30. The highest BCUT2D eigenvalue weighted by atomic mass is 16.6. The number of carbonyl (C=O) groups excluding carboxylic acids is 1. The zero-order valence-corrected chi connectivity index (χ0v) is 12.4. The molecule has 3 N–H and O–H groups in total. The number of nitrogens with one attached hydrogen (secondary N) is 1. The number of aromatic hydroxyl groups is 1. The van der Waals surface area contributed by atoms with Gasteiger partial charge in [0.2, 0.25) is 0 Å². The van der Waals surface area contributed by atoms with Gasteiger partial charge in [-0.1, -0.05) is 18.2 Å². The molecule has 0 radical (unpaired) electrons. The van der Waals surface area contributed by atoms with Crippen molar-refractivity contribution in [2.45, 2.75) is 45.3 Å². The monoisotopic (exact) mass is 295 g/mol. The van der Waals surface area contributed by atoms with E-state index in [4.69, 9.17) is 9.84 Å². The summed E-state index contributed by atoms with van der Waals surface area (Å²) in [4.78, 5) is 22.6. The molecule has 0 heterocycles. The number of para-hydroxylation sites is 1. The van der Waals surface area contributed by atoms with Crippen LogP contribution in [0.1, 0.15) is 32.8 Å². The number of aliphatic carboxylic acids is 1. The highest BCUT2D eigenvalue weighted by Crippen LogP contribution is 2.18. The summed E-state index contributed by atoms with van der Waals surface area (Å²) in [6.07, 6.45) is -0.727. The predicted molar refractivity (Wildman–Crippen MR) is 77.2 cm³/mol. The number of carbonyl (C=O) groups is 2. The number of alkyl carbamates (subject to hydrolysis) is 1. The Morgan fingerprint density at radius 1 is 1.29 bits per heavy atom. The van der Waals surface area contributed by atoms with E-state index >= 15 is 0 Å². The van der Waals surface area contributed by atoms with E-state index in [0.29, 0.717) is 5.56 Å². The molecule has 0 aliphatic heterocycles. The van der Waals surface area contributed by atoms with Gasteiger partial charge in [-0.25, -0.2) is 4.79 Å². The standard InChI is InChI=1S/C15H21NO5/c1-15(2,3)21-14(20)16-11(9-13(18)19)8-10-6-4-5-7-12(10)17/h4-7,11,17H,8-9H2,1-3H3,(H,16,20)(H,18,19). The zero-order valence-electron chi connectivity index (χ0n) is 12.4. The first kappa shape index (κ1) is 16.8. The Morgan fingerprint density at radius 2 is 1.90 bits per heavy atom. The maximum Gasteiger partial charge on any atom is 0.407 e. The minimum absolute atomic E-state index is 0.0684. The third-order valence-corrected chi connectivity index (χ3v) is 2.60. The second kappa shape index (κ2) is 6.97. The number of amides is 1. The molecule has 0 aromatic heterocycles. The first-order valence-electron chi connectivity index (χ1n) is 6.65. The van der Waals surface area contributed by atoms with E-state index in [1.165, 1.54) is 6.07 Å². The third-order valence-electron chi connectivity index (χ3n) is 2.60. The van der Waals surface area contributed by atoms with E-state index in [0.717, 1.165) is 0 Å². The van der Waals surface area contributed by atoms with Gasteiger partial charge in [0.1, 0.15) is 11.4 Å². The number of phenolic OH excluding ortho intramolecular Hbond substituents is 1. The summed E-state index contributed by atoms with van der Waals surface area (Å²) in [7, 11) is 0. The fourth-order valence-corrected chi connectivity index (χ4v) is 1.81. The Hall–Kier alpha value is -2.24. The normalized spacial score (nSPS) is 12.5. The first-order valence-corrected chi connectivity index (χ1v) is 6.65. The molecule has 21 heavy (non-hydrogen) atoms. The molecule has 6 heteroatoms. The summed E-state index contributed by atoms with van der Waals surface area (Å²) < 4.78 is 5.11. The van der Waals surface area contributed by atoms with Crippen LogP contribution in [0.25, 0.3) is 0 Å². The average Bonchev–Trinajstić information content (AvgIpc) is 2.28. The van der Waals surface area contributed by atoms with Gasteiger partial charge in [-0.2, -0.15) is 0 Å². The third kappa shape index (κ3) is 6.65. The Kier molecular flexibility index (Phi) is 5.58.